The lowest BCUT2D eigenvalue weighted by molar-refractivity contribution is -0.135. The Bertz CT molecular complexity index is 1630. The van der Waals surface area contributed by atoms with Crippen LogP contribution in [0.3, 0.4) is 0 Å². The number of nitrogens with zero attached hydrogens (tertiary/aromatic N) is 3. The number of rotatable bonds is 6. The van der Waals surface area contributed by atoms with Crippen molar-refractivity contribution in [2.45, 2.75) is 37.6 Å². The molecule has 0 fully saturated rings. The fraction of sp³-hybridized carbons (Fsp3) is 0.238. The fourth-order valence-electron chi connectivity index (χ4n) is 3.68. The van der Waals surface area contributed by atoms with Crippen LogP contribution in [0.1, 0.15) is 41.5 Å². The summed E-state index contributed by atoms with van der Waals surface area (Å²) >= 11 is 0. The van der Waals surface area contributed by atoms with Crippen LogP contribution in [0.5, 0.6) is 0 Å². The van der Waals surface area contributed by atoms with Crippen LogP contribution in [-0.2, 0) is 19.6 Å². The molecule has 0 unspecified atom stereocenters. The summed E-state index contributed by atoms with van der Waals surface area (Å²) in [6.07, 6.45) is 0. The molecule has 0 aliphatic carbocycles. The minimum atomic E-state index is -4.34. The Morgan fingerprint density at radius 3 is 2.35 bits per heavy atom. The van der Waals surface area contributed by atoms with Crippen molar-refractivity contribution in [1.29, 1.82) is 0 Å². The number of benzene rings is 2. The lowest BCUT2D eigenvalue weighted by Crippen LogP contribution is -2.37. The van der Waals surface area contributed by atoms with Gasteiger partial charge in [-0.3, -0.25) is 9.59 Å². The average Bonchev–Trinajstić information content (AvgIpc) is 3.21. The molecule has 0 bridgehead atoms. The molecule has 0 radical (unpaired) electrons. The quantitative estimate of drug-likeness (QED) is 0.471. The summed E-state index contributed by atoms with van der Waals surface area (Å²) in [5.74, 6) is -4.79. The zero-order chi connectivity index (χ0) is 24.8. The van der Waals surface area contributed by atoms with Crippen molar-refractivity contribution < 1.29 is 26.8 Å². The number of aromatic amines is 1. The number of hydrogen-bond donors (Lipinski definition) is 2. The van der Waals surface area contributed by atoms with E-state index >= 15 is 0 Å². The third kappa shape index (κ3) is 4.22. The second kappa shape index (κ2) is 8.50. The van der Waals surface area contributed by atoms with Crippen LogP contribution in [-0.4, -0.2) is 30.4 Å². The number of fused-ring (bicyclic) bond motifs is 1. The summed E-state index contributed by atoms with van der Waals surface area (Å²) < 4.78 is 48.7. The maximum Gasteiger partial charge on any atom is 0.434 e. The molecule has 0 spiro atoms. The van der Waals surface area contributed by atoms with E-state index < -0.39 is 45.4 Å². The second-order valence-corrected chi connectivity index (χ2v) is 9.44. The number of aryl methyl sites for hydroxylation is 1. The molecule has 2 heterocycles. The van der Waals surface area contributed by atoms with Gasteiger partial charge in [0.05, 0.1) is 15.6 Å². The Labute approximate surface area is 191 Å². The Hall–Kier alpha value is -3.84. The number of carbonyl (C=O) groups is 2. The standard InChI is InChI=1S/C21H18FN5O6S/c1-9-4-6-13(22)16(10(9)2)11(3)17(20-25-26-21(30)33-20)27-34(31,32)12-5-7-14-15(8-12)24-19(29)18(28)23-14/h4-8,11,17,27H,1-3H3,(H,26,30)/t11-,17+/m1/s1. The highest BCUT2D eigenvalue weighted by atomic mass is 32.2. The maximum absolute atomic E-state index is 14.8. The zero-order valence-corrected chi connectivity index (χ0v) is 18.9. The van der Waals surface area contributed by atoms with E-state index in [1.54, 1.807) is 26.8 Å². The molecule has 34 heavy (non-hydrogen) atoms. The third-order valence-corrected chi connectivity index (χ3v) is 7.01. The van der Waals surface area contributed by atoms with Gasteiger partial charge in [0, 0.05) is 5.92 Å². The molecule has 4 rings (SSSR count). The van der Waals surface area contributed by atoms with Gasteiger partial charge in [-0.25, -0.2) is 32.7 Å². The molecule has 3 aromatic rings. The van der Waals surface area contributed by atoms with E-state index in [0.29, 0.717) is 5.56 Å². The number of sulfonamides is 1. The summed E-state index contributed by atoms with van der Waals surface area (Å²) in [6.45, 7) is 5.05. The van der Waals surface area contributed by atoms with Gasteiger partial charge in [0.1, 0.15) is 11.9 Å². The van der Waals surface area contributed by atoms with Crippen molar-refractivity contribution in [2.24, 2.45) is 9.98 Å². The predicted octanol–water partition coefficient (Wildman–Crippen LogP) is 0.248. The molecule has 0 saturated heterocycles. The van der Waals surface area contributed by atoms with E-state index in [1.165, 1.54) is 18.2 Å². The van der Waals surface area contributed by atoms with Crippen LogP contribution in [0.2, 0.25) is 0 Å². The number of halogens is 1. The first-order valence-corrected chi connectivity index (χ1v) is 11.5. The largest absolute Gasteiger partial charge is 0.434 e. The zero-order valence-electron chi connectivity index (χ0n) is 18.1. The number of aromatic nitrogens is 2. The Balaban J connectivity index is 1.80. The molecule has 1 aromatic heterocycles. The molecular formula is C21H18FN5O6S. The molecule has 1 aliphatic rings. The Morgan fingerprint density at radius 2 is 1.71 bits per heavy atom. The van der Waals surface area contributed by atoms with Gasteiger partial charge in [0.15, 0.2) is 0 Å². The van der Waals surface area contributed by atoms with E-state index in [0.717, 1.165) is 11.6 Å². The summed E-state index contributed by atoms with van der Waals surface area (Å²) in [6, 6.07) is 5.07. The molecule has 2 N–H and O–H groups in total. The minimum absolute atomic E-state index is 0.0456. The van der Waals surface area contributed by atoms with Gasteiger partial charge in [-0.1, -0.05) is 13.0 Å². The first kappa shape index (κ1) is 23.3. The first-order valence-electron chi connectivity index (χ1n) is 9.97. The molecule has 13 heteroatoms. The molecule has 2 aromatic carbocycles. The van der Waals surface area contributed by atoms with Crippen molar-refractivity contribution in [2.75, 3.05) is 0 Å². The Morgan fingerprint density at radius 1 is 1.03 bits per heavy atom. The van der Waals surface area contributed by atoms with Gasteiger partial charge in [0.2, 0.25) is 15.9 Å². The van der Waals surface area contributed by atoms with Gasteiger partial charge in [-0.2, -0.15) is 4.72 Å². The van der Waals surface area contributed by atoms with Gasteiger partial charge in [-0.05, 0) is 54.8 Å². The average molecular weight is 487 g/mol. The molecule has 2 atom stereocenters. The SMILES string of the molecule is Cc1ccc(F)c([C@@H](C)[C@H](NS(=O)(=O)c2ccc3c(c2)=NC(=O)C(=O)N=3)c2n[nH]c(=O)o2)c1C. The number of carbonyl (C=O) groups excluding carboxylic acids is 2. The molecule has 0 saturated carbocycles. The van der Waals surface area contributed by atoms with Gasteiger partial charge in [0.25, 0.3) is 0 Å². The van der Waals surface area contributed by atoms with E-state index in [9.17, 15) is 27.2 Å². The van der Waals surface area contributed by atoms with Crippen molar-refractivity contribution in [1.82, 2.24) is 14.9 Å². The monoisotopic (exact) mass is 487 g/mol. The van der Waals surface area contributed by atoms with Crippen molar-refractivity contribution >= 4 is 21.8 Å². The molecule has 176 valence electrons. The summed E-state index contributed by atoms with van der Waals surface area (Å²) in [4.78, 5) is 41.4. The van der Waals surface area contributed by atoms with E-state index in [1.807, 2.05) is 0 Å². The molecule has 1 aliphatic heterocycles. The Kier molecular flexibility index (Phi) is 5.83. The highest BCUT2D eigenvalue weighted by Crippen LogP contribution is 2.35. The second-order valence-electron chi connectivity index (χ2n) is 7.73. The van der Waals surface area contributed by atoms with Crippen LogP contribution >= 0.6 is 0 Å². The smallest absolute Gasteiger partial charge is 0.391 e. The lowest BCUT2D eigenvalue weighted by atomic mass is 9.88. The fourth-order valence-corrected chi connectivity index (χ4v) is 4.96. The highest BCUT2D eigenvalue weighted by Gasteiger charge is 2.33. The van der Waals surface area contributed by atoms with Crippen molar-refractivity contribution in [3.63, 3.8) is 0 Å². The van der Waals surface area contributed by atoms with Crippen molar-refractivity contribution in [3.8, 4) is 0 Å². The lowest BCUT2D eigenvalue weighted by Gasteiger charge is -2.25. The molecule has 11 nitrogen and oxygen atoms in total. The van der Waals surface area contributed by atoms with Gasteiger partial charge in [-0.15, -0.1) is 5.10 Å². The predicted molar refractivity (Wildman–Crippen MR) is 113 cm³/mol. The third-order valence-electron chi connectivity index (χ3n) is 5.57. The van der Waals surface area contributed by atoms with E-state index in [2.05, 4.69) is 24.9 Å². The van der Waals surface area contributed by atoms with Crippen LogP contribution in [0.15, 0.2) is 54.4 Å². The normalized spacial score (nSPS) is 15.3. The van der Waals surface area contributed by atoms with Crippen LogP contribution in [0.25, 0.3) is 0 Å². The van der Waals surface area contributed by atoms with Gasteiger partial charge < -0.3 is 4.42 Å². The first-order chi connectivity index (χ1) is 16.0. The maximum atomic E-state index is 14.8. The minimum Gasteiger partial charge on any atom is -0.391 e. The number of hydrogen-bond acceptors (Lipinski definition) is 7. The topological polar surface area (TPSA) is 164 Å². The van der Waals surface area contributed by atoms with E-state index in [-0.39, 0.29) is 27.1 Å². The number of amides is 2. The summed E-state index contributed by atoms with van der Waals surface area (Å²) in [7, 11) is -4.34. The van der Waals surface area contributed by atoms with Gasteiger partial charge >= 0.3 is 17.6 Å². The van der Waals surface area contributed by atoms with Crippen LogP contribution in [0.4, 0.5) is 4.39 Å². The summed E-state index contributed by atoms with van der Waals surface area (Å²) in [5, 5.41) is 5.77. The molecular weight excluding hydrogens is 469 g/mol. The number of H-pyrrole nitrogens is 1. The highest BCUT2D eigenvalue weighted by molar-refractivity contribution is 7.89. The van der Waals surface area contributed by atoms with E-state index in [4.69, 9.17) is 4.42 Å². The van der Waals surface area contributed by atoms with Crippen molar-refractivity contribution in [3.05, 3.63) is 80.0 Å². The molecule has 2 amide bonds. The number of nitrogens with one attached hydrogen (secondary N) is 2. The summed E-state index contributed by atoms with van der Waals surface area (Å²) in [5.41, 5.74) is 1.61. The van der Waals surface area contributed by atoms with Crippen LogP contribution in [0, 0.1) is 19.7 Å². The van der Waals surface area contributed by atoms with Crippen LogP contribution < -0.4 is 21.2 Å².